The number of hydrogen-bond donors (Lipinski definition) is 2. The molecule has 19 heavy (non-hydrogen) atoms. The van der Waals surface area contributed by atoms with E-state index in [1.54, 1.807) is 13.8 Å². The Morgan fingerprint density at radius 2 is 1.89 bits per heavy atom. The number of nitrogens with one attached hydrogen (secondary N) is 1. The van der Waals surface area contributed by atoms with Gasteiger partial charge in [0.2, 0.25) is 5.91 Å². The maximum absolute atomic E-state index is 11.9. The summed E-state index contributed by atoms with van der Waals surface area (Å²) in [6, 6.07) is -0.629. The fraction of sp³-hybridized carbons (Fsp3) is 0.583. The Labute approximate surface area is 112 Å². The number of carboxylic acid groups (broad SMARTS) is 1. The first-order valence-electron chi connectivity index (χ1n) is 5.72. The van der Waals surface area contributed by atoms with Gasteiger partial charge in [-0.05, 0) is 13.8 Å². The van der Waals surface area contributed by atoms with Crippen LogP contribution in [0.3, 0.4) is 0 Å². The second-order valence-electron chi connectivity index (χ2n) is 4.31. The zero-order chi connectivity index (χ0) is 15.0. The molecule has 0 rings (SSSR count). The zero-order valence-corrected chi connectivity index (χ0v) is 11.3. The summed E-state index contributed by atoms with van der Waals surface area (Å²) >= 11 is 0. The van der Waals surface area contributed by atoms with Gasteiger partial charge in [-0.25, -0.2) is 4.79 Å². The van der Waals surface area contributed by atoms with Crippen molar-refractivity contribution in [3.05, 3.63) is 0 Å². The molecule has 0 bridgehead atoms. The lowest BCUT2D eigenvalue weighted by Gasteiger charge is -2.25. The van der Waals surface area contributed by atoms with Gasteiger partial charge >= 0.3 is 12.0 Å². The lowest BCUT2D eigenvalue weighted by Crippen LogP contribution is -2.48. The van der Waals surface area contributed by atoms with Crippen LogP contribution in [-0.2, 0) is 9.59 Å². The van der Waals surface area contributed by atoms with Crippen LogP contribution < -0.4 is 5.32 Å². The molecule has 106 valence electrons. The van der Waals surface area contributed by atoms with Crippen molar-refractivity contribution < 1.29 is 19.5 Å². The maximum Gasteiger partial charge on any atom is 0.323 e. The smallest absolute Gasteiger partial charge is 0.323 e. The van der Waals surface area contributed by atoms with Gasteiger partial charge in [0.05, 0.1) is 6.54 Å². The highest BCUT2D eigenvalue weighted by molar-refractivity contribution is 5.85. The highest BCUT2D eigenvalue weighted by atomic mass is 16.4. The summed E-state index contributed by atoms with van der Waals surface area (Å²) < 4.78 is 0. The molecule has 3 amide bonds. The Morgan fingerprint density at radius 1 is 1.32 bits per heavy atom. The van der Waals surface area contributed by atoms with E-state index in [0.717, 1.165) is 9.80 Å². The molecule has 0 fully saturated rings. The van der Waals surface area contributed by atoms with E-state index in [2.05, 4.69) is 11.2 Å². The van der Waals surface area contributed by atoms with Gasteiger partial charge in [0.1, 0.15) is 13.1 Å². The minimum atomic E-state index is -1.16. The quantitative estimate of drug-likeness (QED) is 0.641. The molecular formula is C12H19N3O4. The molecule has 2 N–H and O–H groups in total. The van der Waals surface area contributed by atoms with Crippen molar-refractivity contribution in [2.75, 3.05) is 26.7 Å². The molecule has 0 aliphatic rings. The first kappa shape index (κ1) is 16.8. The van der Waals surface area contributed by atoms with Crippen LogP contribution in [0.1, 0.15) is 13.8 Å². The van der Waals surface area contributed by atoms with Gasteiger partial charge in [0, 0.05) is 13.1 Å². The number of rotatable bonds is 6. The number of hydrogen-bond acceptors (Lipinski definition) is 3. The number of likely N-dealkylation sites (N-methyl/N-ethyl adjacent to an activating group) is 1. The summed E-state index contributed by atoms with van der Waals surface area (Å²) in [5, 5.41) is 11.3. The Morgan fingerprint density at radius 3 is 2.32 bits per heavy atom. The molecule has 0 spiro atoms. The largest absolute Gasteiger partial charge is 0.480 e. The second-order valence-corrected chi connectivity index (χ2v) is 4.31. The summed E-state index contributed by atoms with van der Waals surface area (Å²) in [5.41, 5.74) is 0. The Kier molecular flexibility index (Phi) is 7.04. The highest BCUT2D eigenvalue weighted by Gasteiger charge is 2.21. The molecular weight excluding hydrogens is 250 g/mol. The van der Waals surface area contributed by atoms with Gasteiger partial charge in [0.15, 0.2) is 0 Å². The number of carboxylic acids is 1. The summed E-state index contributed by atoms with van der Waals surface area (Å²) in [7, 11) is 1.41. The highest BCUT2D eigenvalue weighted by Crippen LogP contribution is 1.97. The average Bonchev–Trinajstić information content (AvgIpc) is 2.25. The number of aliphatic carboxylic acids is 1. The summed E-state index contributed by atoms with van der Waals surface area (Å²) in [4.78, 5) is 36.1. The predicted octanol–water partition coefficient (Wildman–Crippen LogP) is -0.417. The van der Waals surface area contributed by atoms with E-state index in [1.165, 1.54) is 7.05 Å². The molecule has 0 aliphatic heterocycles. The average molecular weight is 269 g/mol. The minimum Gasteiger partial charge on any atom is -0.480 e. The van der Waals surface area contributed by atoms with E-state index < -0.39 is 18.5 Å². The van der Waals surface area contributed by atoms with Crippen molar-refractivity contribution in [3.8, 4) is 12.3 Å². The fourth-order valence-electron chi connectivity index (χ4n) is 1.36. The van der Waals surface area contributed by atoms with E-state index in [0.29, 0.717) is 0 Å². The van der Waals surface area contributed by atoms with E-state index >= 15 is 0 Å². The first-order chi connectivity index (χ1) is 8.77. The van der Waals surface area contributed by atoms with Gasteiger partial charge < -0.3 is 20.2 Å². The van der Waals surface area contributed by atoms with Gasteiger partial charge in [0.25, 0.3) is 0 Å². The molecule has 7 heteroatoms. The van der Waals surface area contributed by atoms with Crippen LogP contribution in [0.15, 0.2) is 0 Å². The topological polar surface area (TPSA) is 90.0 Å². The molecule has 0 unspecified atom stereocenters. The van der Waals surface area contributed by atoms with Gasteiger partial charge in [-0.1, -0.05) is 5.92 Å². The molecule has 0 atom stereocenters. The van der Waals surface area contributed by atoms with E-state index in [-0.39, 0.29) is 25.0 Å². The third-order valence-electron chi connectivity index (χ3n) is 2.04. The van der Waals surface area contributed by atoms with Gasteiger partial charge in [-0.15, -0.1) is 6.42 Å². The normalized spacial score (nSPS) is 9.63. The Balaban J connectivity index is 4.54. The summed E-state index contributed by atoms with van der Waals surface area (Å²) in [5.74, 6) is 0.728. The molecule has 0 aromatic heterocycles. The molecule has 0 radical (unpaired) electrons. The summed E-state index contributed by atoms with van der Waals surface area (Å²) in [6.07, 6.45) is 5.08. The van der Waals surface area contributed by atoms with Gasteiger partial charge in [-0.2, -0.15) is 0 Å². The van der Waals surface area contributed by atoms with Crippen LogP contribution in [0.2, 0.25) is 0 Å². The number of carbonyl (C=O) groups excluding carboxylic acids is 2. The van der Waals surface area contributed by atoms with E-state index in [9.17, 15) is 14.4 Å². The lowest BCUT2D eigenvalue weighted by molar-refractivity contribution is -0.137. The molecule has 7 nitrogen and oxygen atoms in total. The summed E-state index contributed by atoms with van der Waals surface area (Å²) in [6.45, 7) is 2.82. The van der Waals surface area contributed by atoms with Crippen LogP contribution in [-0.4, -0.2) is 65.5 Å². The second kappa shape index (κ2) is 7.97. The van der Waals surface area contributed by atoms with Crippen LogP contribution >= 0.6 is 0 Å². The third-order valence-corrected chi connectivity index (χ3v) is 2.04. The van der Waals surface area contributed by atoms with Gasteiger partial charge in [-0.3, -0.25) is 9.59 Å². The third kappa shape index (κ3) is 6.93. The Bertz CT molecular complexity index is 387. The van der Waals surface area contributed by atoms with Crippen molar-refractivity contribution >= 4 is 17.9 Å². The number of amides is 3. The standard InChI is InChI=1S/C12H19N3O4/c1-5-6-15(8-11(17)18)12(19)14(4)7-10(16)13-9(2)3/h1,9H,6-8H2,2-4H3,(H,13,16)(H,17,18). The van der Waals surface area contributed by atoms with Crippen molar-refractivity contribution in [1.29, 1.82) is 0 Å². The molecule has 0 aromatic rings. The zero-order valence-electron chi connectivity index (χ0n) is 11.3. The number of carbonyl (C=O) groups is 3. The van der Waals surface area contributed by atoms with Crippen LogP contribution in [0, 0.1) is 12.3 Å². The first-order valence-corrected chi connectivity index (χ1v) is 5.72. The Hall–Kier alpha value is -2.23. The van der Waals surface area contributed by atoms with Crippen LogP contribution in [0.4, 0.5) is 4.79 Å². The number of urea groups is 1. The molecule has 0 saturated carbocycles. The van der Waals surface area contributed by atoms with E-state index in [1.807, 2.05) is 0 Å². The number of nitrogens with zero attached hydrogens (tertiary/aromatic N) is 2. The lowest BCUT2D eigenvalue weighted by atomic mass is 10.4. The maximum atomic E-state index is 11.9. The van der Waals surface area contributed by atoms with Crippen molar-refractivity contribution in [2.45, 2.75) is 19.9 Å². The number of terminal acetylenes is 1. The van der Waals surface area contributed by atoms with Crippen molar-refractivity contribution in [1.82, 2.24) is 15.1 Å². The SMILES string of the molecule is C#CCN(CC(=O)O)C(=O)N(C)CC(=O)NC(C)C. The monoisotopic (exact) mass is 269 g/mol. The molecule has 0 saturated heterocycles. The van der Waals surface area contributed by atoms with E-state index in [4.69, 9.17) is 11.5 Å². The van der Waals surface area contributed by atoms with Crippen molar-refractivity contribution in [2.24, 2.45) is 0 Å². The molecule has 0 aliphatic carbocycles. The minimum absolute atomic E-state index is 0.0307. The predicted molar refractivity (Wildman–Crippen MR) is 69.3 cm³/mol. The van der Waals surface area contributed by atoms with Crippen molar-refractivity contribution in [3.63, 3.8) is 0 Å². The fourth-order valence-corrected chi connectivity index (χ4v) is 1.36. The van der Waals surface area contributed by atoms with Crippen LogP contribution in [0.5, 0.6) is 0 Å². The molecule has 0 aromatic carbocycles. The molecule has 0 heterocycles. The van der Waals surface area contributed by atoms with Crippen LogP contribution in [0.25, 0.3) is 0 Å².